The Balaban J connectivity index is 2.62. The van der Waals surface area contributed by atoms with E-state index in [9.17, 15) is 9.59 Å². The van der Waals surface area contributed by atoms with Crippen LogP contribution in [0.4, 0.5) is 5.69 Å². The maximum absolute atomic E-state index is 11.9. The third-order valence-electron chi connectivity index (χ3n) is 2.44. The summed E-state index contributed by atoms with van der Waals surface area (Å²) in [5.41, 5.74) is 0.160. The molecule has 1 aromatic carbocycles. The average molecular weight is 279 g/mol. The molecule has 1 N–H and O–H groups in total. The zero-order chi connectivity index (χ0) is 15.2. The molecule has 0 radical (unpaired) electrons. The summed E-state index contributed by atoms with van der Waals surface area (Å²) in [5.74, 6) is 0.00133. The van der Waals surface area contributed by atoms with Crippen molar-refractivity contribution in [3.8, 4) is 5.75 Å². The SMILES string of the molecule is CCOC(=O)COc1cccc(NC(=O)C(C)(C)C)c1. The Kier molecular flexibility index (Phi) is 5.55. The van der Waals surface area contributed by atoms with E-state index in [4.69, 9.17) is 9.47 Å². The molecule has 0 saturated heterocycles. The summed E-state index contributed by atoms with van der Waals surface area (Å²) >= 11 is 0. The van der Waals surface area contributed by atoms with Gasteiger partial charge in [-0.05, 0) is 19.1 Å². The molecular formula is C15H21NO4. The largest absolute Gasteiger partial charge is 0.482 e. The summed E-state index contributed by atoms with van der Waals surface area (Å²) in [6.07, 6.45) is 0. The van der Waals surface area contributed by atoms with Crippen LogP contribution in [-0.2, 0) is 14.3 Å². The van der Waals surface area contributed by atoms with E-state index in [2.05, 4.69) is 5.32 Å². The molecule has 0 spiro atoms. The maximum Gasteiger partial charge on any atom is 0.344 e. The molecule has 0 fully saturated rings. The molecule has 0 saturated carbocycles. The fourth-order valence-corrected chi connectivity index (χ4v) is 1.33. The van der Waals surface area contributed by atoms with Crippen molar-refractivity contribution in [2.45, 2.75) is 27.7 Å². The molecule has 0 aromatic heterocycles. The molecule has 0 aliphatic carbocycles. The highest BCUT2D eigenvalue weighted by molar-refractivity contribution is 5.94. The minimum absolute atomic E-state index is 0.0833. The second-order valence-corrected chi connectivity index (χ2v) is 5.33. The predicted molar refractivity (Wildman–Crippen MR) is 76.7 cm³/mol. The number of carbonyl (C=O) groups is 2. The molecule has 5 nitrogen and oxygen atoms in total. The molecule has 1 aromatic rings. The predicted octanol–water partition coefficient (Wildman–Crippen LogP) is 2.61. The van der Waals surface area contributed by atoms with Crippen LogP contribution >= 0.6 is 0 Å². The van der Waals surface area contributed by atoms with Gasteiger partial charge in [0.05, 0.1) is 6.61 Å². The Morgan fingerprint density at radius 2 is 1.95 bits per heavy atom. The van der Waals surface area contributed by atoms with Gasteiger partial charge in [-0.3, -0.25) is 4.79 Å². The Hall–Kier alpha value is -2.04. The van der Waals surface area contributed by atoms with E-state index in [0.717, 1.165) is 0 Å². The lowest BCUT2D eigenvalue weighted by atomic mass is 9.95. The number of carbonyl (C=O) groups excluding carboxylic acids is 2. The Morgan fingerprint density at radius 1 is 1.25 bits per heavy atom. The van der Waals surface area contributed by atoms with E-state index >= 15 is 0 Å². The standard InChI is InChI=1S/C15H21NO4/c1-5-19-13(17)10-20-12-8-6-7-11(9-12)16-14(18)15(2,3)4/h6-9H,5,10H2,1-4H3,(H,16,18). The summed E-state index contributed by atoms with van der Waals surface area (Å²) in [6.45, 7) is 7.42. The first-order chi connectivity index (χ1) is 9.32. The summed E-state index contributed by atoms with van der Waals surface area (Å²) in [5, 5.41) is 2.80. The lowest BCUT2D eigenvalue weighted by molar-refractivity contribution is -0.145. The van der Waals surface area contributed by atoms with Crippen LogP contribution in [0.3, 0.4) is 0 Å². The summed E-state index contributed by atoms with van der Waals surface area (Å²) in [4.78, 5) is 23.1. The van der Waals surface area contributed by atoms with Crippen molar-refractivity contribution in [2.75, 3.05) is 18.5 Å². The first-order valence-electron chi connectivity index (χ1n) is 6.53. The van der Waals surface area contributed by atoms with Gasteiger partial charge in [-0.15, -0.1) is 0 Å². The highest BCUT2D eigenvalue weighted by Gasteiger charge is 2.21. The molecule has 1 rings (SSSR count). The summed E-state index contributed by atoms with van der Waals surface area (Å²) < 4.78 is 10.1. The lowest BCUT2D eigenvalue weighted by Crippen LogP contribution is -2.27. The second kappa shape index (κ2) is 6.93. The first kappa shape index (κ1) is 16.0. The molecule has 0 aliphatic heterocycles. The van der Waals surface area contributed by atoms with E-state index in [-0.39, 0.29) is 12.5 Å². The monoisotopic (exact) mass is 279 g/mol. The Bertz CT molecular complexity index is 477. The van der Waals surface area contributed by atoms with Gasteiger partial charge in [-0.25, -0.2) is 4.79 Å². The molecule has 0 atom stereocenters. The zero-order valence-electron chi connectivity index (χ0n) is 12.4. The third-order valence-corrected chi connectivity index (χ3v) is 2.44. The maximum atomic E-state index is 11.9. The van der Waals surface area contributed by atoms with Crippen molar-refractivity contribution in [3.05, 3.63) is 24.3 Å². The van der Waals surface area contributed by atoms with Crippen LogP contribution in [0.15, 0.2) is 24.3 Å². The van der Waals surface area contributed by atoms with Crippen LogP contribution in [0.5, 0.6) is 5.75 Å². The third kappa shape index (κ3) is 5.30. The Morgan fingerprint density at radius 3 is 2.55 bits per heavy atom. The second-order valence-electron chi connectivity index (χ2n) is 5.33. The van der Waals surface area contributed by atoms with Crippen molar-refractivity contribution in [3.63, 3.8) is 0 Å². The highest BCUT2D eigenvalue weighted by atomic mass is 16.6. The van der Waals surface area contributed by atoms with E-state index in [0.29, 0.717) is 18.0 Å². The van der Waals surface area contributed by atoms with Crippen molar-refractivity contribution in [1.82, 2.24) is 0 Å². The molecule has 5 heteroatoms. The van der Waals surface area contributed by atoms with Crippen LogP contribution < -0.4 is 10.1 Å². The topological polar surface area (TPSA) is 64.6 Å². The number of ether oxygens (including phenoxy) is 2. The molecule has 0 aliphatic rings. The number of anilines is 1. The van der Waals surface area contributed by atoms with Crippen molar-refractivity contribution in [2.24, 2.45) is 5.41 Å². The van der Waals surface area contributed by atoms with Crippen LogP contribution in [0, 0.1) is 5.41 Å². The number of nitrogens with one attached hydrogen (secondary N) is 1. The number of esters is 1. The van der Waals surface area contributed by atoms with Gasteiger partial charge >= 0.3 is 5.97 Å². The van der Waals surface area contributed by atoms with Gasteiger partial charge in [-0.2, -0.15) is 0 Å². The van der Waals surface area contributed by atoms with Crippen LogP contribution in [-0.4, -0.2) is 25.1 Å². The van der Waals surface area contributed by atoms with Crippen LogP contribution in [0.25, 0.3) is 0 Å². The van der Waals surface area contributed by atoms with Gasteiger partial charge in [0.15, 0.2) is 6.61 Å². The average Bonchev–Trinajstić information content (AvgIpc) is 2.36. The van der Waals surface area contributed by atoms with Crippen molar-refractivity contribution >= 4 is 17.6 Å². The molecule has 0 unspecified atom stereocenters. The first-order valence-corrected chi connectivity index (χ1v) is 6.53. The molecule has 110 valence electrons. The quantitative estimate of drug-likeness (QED) is 0.841. The number of rotatable bonds is 5. The van der Waals surface area contributed by atoms with E-state index in [1.807, 2.05) is 20.8 Å². The summed E-state index contributed by atoms with van der Waals surface area (Å²) in [6, 6.07) is 6.90. The minimum Gasteiger partial charge on any atom is -0.482 e. The fraction of sp³-hybridized carbons (Fsp3) is 0.467. The molecule has 20 heavy (non-hydrogen) atoms. The minimum atomic E-state index is -0.470. The molecule has 0 bridgehead atoms. The van der Waals surface area contributed by atoms with E-state index in [1.165, 1.54) is 0 Å². The van der Waals surface area contributed by atoms with Gasteiger partial charge < -0.3 is 14.8 Å². The number of benzene rings is 1. The van der Waals surface area contributed by atoms with Gasteiger partial charge in [0.1, 0.15) is 5.75 Å². The smallest absolute Gasteiger partial charge is 0.344 e. The van der Waals surface area contributed by atoms with E-state index < -0.39 is 11.4 Å². The normalized spacial score (nSPS) is 10.8. The number of hydrogen-bond donors (Lipinski definition) is 1. The lowest BCUT2D eigenvalue weighted by Gasteiger charge is -2.18. The van der Waals surface area contributed by atoms with Gasteiger partial charge in [0, 0.05) is 17.2 Å². The summed E-state index contributed by atoms with van der Waals surface area (Å²) in [7, 11) is 0. The van der Waals surface area contributed by atoms with Crippen LogP contribution in [0.2, 0.25) is 0 Å². The van der Waals surface area contributed by atoms with Gasteiger partial charge in [0.2, 0.25) is 5.91 Å². The fourth-order valence-electron chi connectivity index (χ4n) is 1.33. The number of hydrogen-bond acceptors (Lipinski definition) is 4. The molecule has 1 amide bonds. The molecular weight excluding hydrogens is 258 g/mol. The zero-order valence-corrected chi connectivity index (χ0v) is 12.4. The van der Waals surface area contributed by atoms with Gasteiger partial charge in [0.25, 0.3) is 0 Å². The van der Waals surface area contributed by atoms with Crippen molar-refractivity contribution < 1.29 is 19.1 Å². The highest BCUT2D eigenvalue weighted by Crippen LogP contribution is 2.21. The van der Waals surface area contributed by atoms with Crippen molar-refractivity contribution in [1.29, 1.82) is 0 Å². The molecule has 0 heterocycles. The number of amides is 1. The van der Waals surface area contributed by atoms with Gasteiger partial charge in [-0.1, -0.05) is 26.8 Å². The Labute approximate surface area is 119 Å². The van der Waals surface area contributed by atoms with E-state index in [1.54, 1.807) is 31.2 Å². The van der Waals surface area contributed by atoms with Crippen LogP contribution in [0.1, 0.15) is 27.7 Å².